The third-order valence-corrected chi connectivity index (χ3v) is 5.28. The number of likely N-dealkylation sites (tertiary alicyclic amines) is 1. The van der Waals surface area contributed by atoms with Crippen LogP contribution in [0, 0.1) is 0 Å². The molecule has 0 bridgehead atoms. The second-order valence-corrected chi connectivity index (χ2v) is 6.82. The number of hydrogen-bond acceptors (Lipinski definition) is 2. The summed E-state index contributed by atoms with van der Waals surface area (Å²) in [7, 11) is 0. The minimum atomic E-state index is 0.767. The first-order chi connectivity index (χ1) is 10.4. The van der Waals surface area contributed by atoms with Crippen LogP contribution in [0.4, 0.5) is 0 Å². The third-order valence-electron chi connectivity index (χ3n) is 5.28. The van der Waals surface area contributed by atoms with Gasteiger partial charge in [-0.3, -0.25) is 0 Å². The van der Waals surface area contributed by atoms with Gasteiger partial charge in [0.2, 0.25) is 0 Å². The summed E-state index contributed by atoms with van der Waals surface area (Å²) in [5, 5.41) is 3.79. The van der Waals surface area contributed by atoms with Gasteiger partial charge in [-0.25, -0.2) is 0 Å². The van der Waals surface area contributed by atoms with Gasteiger partial charge in [0.25, 0.3) is 0 Å². The molecule has 0 atom stereocenters. The molecular weight excluding hydrogens is 256 g/mol. The standard InChI is InChI=1S/C19H30N2/c1-2-7-17(8-3-1)18-9-11-19(12-10-18)20-13-6-16-21-14-4-5-15-21/h1-3,7-8,18-20H,4-6,9-16H2. The van der Waals surface area contributed by atoms with E-state index < -0.39 is 0 Å². The van der Waals surface area contributed by atoms with Crippen molar-refractivity contribution in [3.05, 3.63) is 35.9 Å². The van der Waals surface area contributed by atoms with Crippen molar-refractivity contribution in [1.82, 2.24) is 10.2 Å². The van der Waals surface area contributed by atoms with Crippen LogP contribution >= 0.6 is 0 Å². The van der Waals surface area contributed by atoms with E-state index in [-0.39, 0.29) is 0 Å². The van der Waals surface area contributed by atoms with Crippen molar-refractivity contribution in [2.45, 2.75) is 56.9 Å². The predicted molar refractivity (Wildman–Crippen MR) is 89.7 cm³/mol. The number of benzene rings is 1. The molecule has 1 saturated carbocycles. The van der Waals surface area contributed by atoms with Gasteiger partial charge in [0.05, 0.1) is 0 Å². The number of nitrogens with zero attached hydrogens (tertiary/aromatic N) is 1. The lowest BCUT2D eigenvalue weighted by atomic mass is 9.82. The summed E-state index contributed by atoms with van der Waals surface area (Å²) in [4.78, 5) is 2.62. The van der Waals surface area contributed by atoms with E-state index in [1.165, 1.54) is 71.1 Å². The molecule has 2 aliphatic rings. The Morgan fingerprint density at radius 3 is 2.38 bits per heavy atom. The van der Waals surface area contributed by atoms with E-state index in [0.29, 0.717) is 0 Å². The zero-order chi connectivity index (χ0) is 14.3. The zero-order valence-electron chi connectivity index (χ0n) is 13.3. The molecule has 116 valence electrons. The van der Waals surface area contributed by atoms with Crippen molar-refractivity contribution in [3.8, 4) is 0 Å². The van der Waals surface area contributed by atoms with Gasteiger partial charge < -0.3 is 10.2 Å². The highest BCUT2D eigenvalue weighted by Crippen LogP contribution is 2.32. The molecule has 0 radical (unpaired) electrons. The summed E-state index contributed by atoms with van der Waals surface area (Å²) in [6, 6.07) is 11.8. The lowest BCUT2D eigenvalue weighted by Gasteiger charge is -2.29. The highest BCUT2D eigenvalue weighted by Gasteiger charge is 2.21. The number of hydrogen-bond donors (Lipinski definition) is 1. The molecule has 1 saturated heterocycles. The van der Waals surface area contributed by atoms with Crippen LogP contribution in [0.3, 0.4) is 0 Å². The molecule has 1 N–H and O–H groups in total. The monoisotopic (exact) mass is 286 g/mol. The maximum absolute atomic E-state index is 3.79. The lowest BCUT2D eigenvalue weighted by Crippen LogP contribution is -2.34. The quantitative estimate of drug-likeness (QED) is 0.800. The fraction of sp³-hybridized carbons (Fsp3) is 0.684. The molecule has 2 fully saturated rings. The third kappa shape index (κ3) is 4.55. The molecule has 1 aliphatic carbocycles. The molecule has 0 unspecified atom stereocenters. The Morgan fingerprint density at radius 1 is 0.952 bits per heavy atom. The number of nitrogens with one attached hydrogen (secondary N) is 1. The molecule has 0 aromatic heterocycles. The van der Waals surface area contributed by atoms with Crippen molar-refractivity contribution in [2.24, 2.45) is 0 Å². The average Bonchev–Trinajstić information content (AvgIpc) is 3.06. The van der Waals surface area contributed by atoms with Crippen molar-refractivity contribution in [1.29, 1.82) is 0 Å². The van der Waals surface area contributed by atoms with Gasteiger partial charge in [-0.15, -0.1) is 0 Å². The smallest absolute Gasteiger partial charge is 0.00675 e. The Kier molecular flexibility index (Phi) is 5.70. The van der Waals surface area contributed by atoms with Gasteiger partial charge in [0.15, 0.2) is 0 Å². The second kappa shape index (κ2) is 7.95. The Morgan fingerprint density at radius 2 is 1.67 bits per heavy atom. The van der Waals surface area contributed by atoms with Crippen LogP contribution in [0.1, 0.15) is 56.4 Å². The highest BCUT2D eigenvalue weighted by atomic mass is 15.1. The van der Waals surface area contributed by atoms with Gasteiger partial charge >= 0.3 is 0 Å². The minimum absolute atomic E-state index is 0.767. The molecule has 1 aliphatic heterocycles. The molecule has 0 amide bonds. The molecule has 1 aromatic carbocycles. The van der Waals surface area contributed by atoms with Crippen LogP contribution in [-0.2, 0) is 0 Å². The maximum atomic E-state index is 3.79. The van der Waals surface area contributed by atoms with E-state index in [9.17, 15) is 0 Å². The predicted octanol–water partition coefficient (Wildman–Crippen LogP) is 3.79. The maximum Gasteiger partial charge on any atom is 0.00675 e. The molecule has 3 rings (SSSR count). The summed E-state index contributed by atoms with van der Waals surface area (Å²) < 4.78 is 0. The topological polar surface area (TPSA) is 15.3 Å². The van der Waals surface area contributed by atoms with Crippen molar-refractivity contribution >= 4 is 0 Å². The Hall–Kier alpha value is -0.860. The lowest BCUT2D eigenvalue weighted by molar-refractivity contribution is 0.309. The van der Waals surface area contributed by atoms with Crippen molar-refractivity contribution < 1.29 is 0 Å². The molecular formula is C19H30N2. The Bertz CT molecular complexity index is 389. The minimum Gasteiger partial charge on any atom is -0.314 e. The van der Waals surface area contributed by atoms with Gasteiger partial charge in [-0.05, 0) is 82.6 Å². The van der Waals surface area contributed by atoms with E-state index in [1.807, 2.05) is 0 Å². The van der Waals surface area contributed by atoms with E-state index in [2.05, 4.69) is 40.5 Å². The van der Waals surface area contributed by atoms with E-state index in [1.54, 1.807) is 5.56 Å². The molecule has 0 spiro atoms. The van der Waals surface area contributed by atoms with Gasteiger partial charge in [0, 0.05) is 6.04 Å². The van der Waals surface area contributed by atoms with Crippen LogP contribution in [0.5, 0.6) is 0 Å². The molecule has 1 heterocycles. The average molecular weight is 286 g/mol. The van der Waals surface area contributed by atoms with Crippen LogP contribution in [0.25, 0.3) is 0 Å². The van der Waals surface area contributed by atoms with Crippen molar-refractivity contribution in [2.75, 3.05) is 26.2 Å². The molecule has 2 heteroatoms. The highest BCUT2D eigenvalue weighted by molar-refractivity contribution is 5.20. The van der Waals surface area contributed by atoms with Crippen LogP contribution in [0.2, 0.25) is 0 Å². The van der Waals surface area contributed by atoms with E-state index in [4.69, 9.17) is 0 Å². The Labute approximate surface area is 129 Å². The zero-order valence-corrected chi connectivity index (χ0v) is 13.3. The Balaban J connectivity index is 1.30. The summed E-state index contributed by atoms with van der Waals surface area (Å²) >= 11 is 0. The second-order valence-electron chi connectivity index (χ2n) is 6.82. The van der Waals surface area contributed by atoms with Gasteiger partial charge in [-0.1, -0.05) is 30.3 Å². The first-order valence-electron chi connectivity index (χ1n) is 8.92. The van der Waals surface area contributed by atoms with Crippen LogP contribution in [-0.4, -0.2) is 37.1 Å². The first-order valence-corrected chi connectivity index (χ1v) is 8.92. The van der Waals surface area contributed by atoms with E-state index in [0.717, 1.165) is 12.0 Å². The number of rotatable bonds is 6. The van der Waals surface area contributed by atoms with E-state index >= 15 is 0 Å². The van der Waals surface area contributed by atoms with Crippen LogP contribution < -0.4 is 5.32 Å². The summed E-state index contributed by atoms with van der Waals surface area (Å²) in [5.74, 6) is 0.800. The van der Waals surface area contributed by atoms with Gasteiger partial charge in [-0.2, -0.15) is 0 Å². The largest absolute Gasteiger partial charge is 0.314 e. The fourth-order valence-corrected chi connectivity index (χ4v) is 3.97. The SMILES string of the molecule is c1ccc(C2CCC(NCCCN3CCCC3)CC2)cc1. The summed E-state index contributed by atoms with van der Waals surface area (Å²) in [6.45, 7) is 5.17. The summed E-state index contributed by atoms with van der Waals surface area (Å²) in [6.07, 6.45) is 9.56. The normalized spacial score (nSPS) is 27.0. The van der Waals surface area contributed by atoms with Gasteiger partial charge in [0.1, 0.15) is 0 Å². The summed E-state index contributed by atoms with van der Waals surface area (Å²) in [5.41, 5.74) is 1.55. The first kappa shape index (κ1) is 15.1. The molecule has 2 nitrogen and oxygen atoms in total. The fourth-order valence-electron chi connectivity index (χ4n) is 3.97. The van der Waals surface area contributed by atoms with Crippen LogP contribution in [0.15, 0.2) is 30.3 Å². The molecule has 1 aromatic rings. The molecule has 21 heavy (non-hydrogen) atoms. The van der Waals surface area contributed by atoms with Crippen molar-refractivity contribution in [3.63, 3.8) is 0 Å².